The van der Waals surface area contributed by atoms with Crippen LogP contribution in [-0.2, 0) is 13.1 Å². The van der Waals surface area contributed by atoms with Crippen LogP contribution in [0.3, 0.4) is 0 Å². The molecule has 19 heavy (non-hydrogen) atoms. The van der Waals surface area contributed by atoms with Crippen molar-refractivity contribution in [3.8, 4) is 11.4 Å². The van der Waals surface area contributed by atoms with E-state index in [0.717, 1.165) is 16.7 Å². The molecule has 0 bridgehead atoms. The number of aryl methyl sites for hydroxylation is 2. The van der Waals surface area contributed by atoms with Gasteiger partial charge in [-0.15, -0.1) is 0 Å². The molecule has 2 heterocycles. The zero-order valence-electron chi connectivity index (χ0n) is 10.9. The summed E-state index contributed by atoms with van der Waals surface area (Å²) in [4.78, 5) is 3.94. The number of rotatable bonds is 3. The van der Waals surface area contributed by atoms with Gasteiger partial charge in [-0.05, 0) is 20.8 Å². The molecular formula is C11H14F3N5. The molecule has 0 aromatic carbocycles. The Balaban J connectivity index is 2.49. The predicted octanol–water partition coefficient (Wildman–Crippen LogP) is 2.34. The molecule has 0 atom stereocenters. The minimum Gasteiger partial charge on any atom is -0.269 e. The molecule has 0 unspecified atom stereocenters. The van der Waals surface area contributed by atoms with Gasteiger partial charge in [0.05, 0.1) is 11.3 Å². The third kappa shape index (κ3) is 2.61. The summed E-state index contributed by atoms with van der Waals surface area (Å²) in [5.74, 6) is 0.201. The molecule has 0 fully saturated rings. The molecule has 0 saturated carbocycles. The molecule has 2 aromatic rings. The predicted molar refractivity (Wildman–Crippen MR) is 62.4 cm³/mol. The summed E-state index contributed by atoms with van der Waals surface area (Å²) >= 11 is 0. The highest BCUT2D eigenvalue weighted by Crippen LogP contribution is 2.27. The average Bonchev–Trinajstić information content (AvgIpc) is 2.81. The summed E-state index contributed by atoms with van der Waals surface area (Å²) in [7, 11) is 0. The van der Waals surface area contributed by atoms with Gasteiger partial charge in [0.25, 0.3) is 0 Å². The molecule has 2 rings (SSSR count). The van der Waals surface area contributed by atoms with E-state index in [4.69, 9.17) is 0 Å². The highest BCUT2D eigenvalue weighted by molar-refractivity contribution is 5.61. The number of hydrogen-bond acceptors (Lipinski definition) is 3. The van der Waals surface area contributed by atoms with Gasteiger partial charge in [0.1, 0.15) is 12.9 Å². The van der Waals surface area contributed by atoms with E-state index >= 15 is 0 Å². The molecule has 0 aliphatic rings. The Kier molecular flexibility index (Phi) is 3.34. The van der Waals surface area contributed by atoms with Crippen molar-refractivity contribution in [1.82, 2.24) is 24.5 Å². The van der Waals surface area contributed by atoms with Crippen molar-refractivity contribution in [2.75, 3.05) is 0 Å². The first-order chi connectivity index (χ1) is 8.83. The number of alkyl halides is 3. The average molecular weight is 273 g/mol. The van der Waals surface area contributed by atoms with E-state index < -0.39 is 12.7 Å². The fourth-order valence-electron chi connectivity index (χ4n) is 2.07. The summed E-state index contributed by atoms with van der Waals surface area (Å²) in [6, 6.07) is 0. The van der Waals surface area contributed by atoms with Crippen molar-refractivity contribution >= 4 is 0 Å². The first-order valence-electron chi connectivity index (χ1n) is 5.82. The van der Waals surface area contributed by atoms with Crippen LogP contribution in [0.15, 0.2) is 6.33 Å². The first kappa shape index (κ1) is 13.6. The lowest BCUT2D eigenvalue weighted by molar-refractivity contribution is -0.142. The minimum atomic E-state index is -4.33. The van der Waals surface area contributed by atoms with Crippen molar-refractivity contribution in [2.45, 2.75) is 40.0 Å². The van der Waals surface area contributed by atoms with Crippen LogP contribution in [0.1, 0.15) is 18.3 Å². The molecule has 0 radical (unpaired) electrons. The number of aromatic nitrogens is 5. The van der Waals surface area contributed by atoms with Gasteiger partial charge in [-0.2, -0.15) is 23.4 Å². The summed E-state index contributed by atoms with van der Waals surface area (Å²) in [6.45, 7) is 4.98. The highest BCUT2D eigenvalue weighted by Gasteiger charge is 2.31. The molecule has 0 spiro atoms. The third-order valence-electron chi connectivity index (χ3n) is 2.85. The lowest BCUT2D eigenvalue weighted by Gasteiger charge is -2.09. The standard InChI is InChI=1S/C11H14F3N5/c1-4-18-8(3)9(7(2)17-18)10-15-6-16-19(10)5-11(12,13)14/h6H,4-5H2,1-3H3. The Hall–Kier alpha value is -1.86. The van der Waals surface area contributed by atoms with Crippen LogP contribution < -0.4 is 0 Å². The van der Waals surface area contributed by atoms with Gasteiger partial charge >= 0.3 is 6.18 Å². The van der Waals surface area contributed by atoms with E-state index in [0.29, 0.717) is 17.8 Å². The van der Waals surface area contributed by atoms with Gasteiger partial charge in [-0.1, -0.05) is 0 Å². The second-order valence-corrected chi connectivity index (χ2v) is 4.22. The number of halogens is 3. The van der Waals surface area contributed by atoms with Gasteiger partial charge in [0.2, 0.25) is 0 Å². The van der Waals surface area contributed by atoms with E-state index in [1.807, 2.05) is 13.8 Å². The lowest BCUT2D eigenvalue weighted by atomic mass is 10.2. The van der Waals surface area contributed by atoms with Gasteiger partial charge in [-0.3, -0.25) is 4.68 Å². The van der Waals surface area contributed by atoms with Gasteiger partial charge in [0.15, 0.2) is 5.82 Å². The smallest absolute Gasteiger partial charge is 0.269 e. The zero-order chi connectivity index (χ0) is 14.2. The topological polar surface area (TPSA) is 48.5 Å². The van der Waals surface area contributed by atoms with Crippen LogP contribution in [0.2, 0.25) is 0 Å². The third-order valence-corrected chi connectivity index (χ3v) is 2.85. The van der Waals surface area contributed by atoms with E-state index in [-0.39, 0.29) is 5.82 Å². The zero-order valence-corrected chi connectivity index (χ0v) is 10.9. The maximum atomic E-state index is 12.5. The van der Waals surface area contributed by atoms with Crippen molar-refractivity contribution in [1.29, 1.82) is 0 Å². The molecule has 0 amide bonds. The van der Waals surface area contributed by atoms with Gasteiger partial charge in [0, 0.05) is 12.2 Å². The molecular weight excluding hydrogens is 259 g/mol. The maximum absolute atomic E-state index is 12.5. The van der Waals surface area contributed by atoms with Crippen LogP contribution in [0.4, 0.5) is 13.2 Å². The SMILES string of the molecule is CCn1nc(C)c(-c2ncnn2CC(F)(F)F)c1C. The normalized spacial score (nSPS) is 12.1. The monoisotopic (exact) mass is 273 g/mol. The lowest BCUT2D eigenvalue weighted by Crippen LogP contribution is -2.19. The van der Waals surface area contributed by atoms with Crippen LogP contribution in [0, 0.1) is 13.8 Å². The Morgan fingerprint density at radius 3 is 2.42 bits per heavy atom. The highest BCUT2D eigenvalue weighted by atomic mass is 19.4. The fraction of sp³-hybridized carbons (Fsp3) is 0.545. The van der Waals surface area contributed by atoms with E-state index in [1.54, 1.807) is 11.6 Å². The second kappa shape index (κ2) is 4.67. The summed E-state index contributed by atoms with van der Waals surface area (Å²) in [5.41, 5.74) is 2.05. The van der Waals surface area contributed by atoms with E-state index in [2.05, 4.69) is 15.2 Å². The fourth-order valence-corrected chi connectivity index (χ4v) is 2.07. The maximum Gasteiger partial charge on any atom is 0.408 e. The summed E-state index contributed by atoms with van der Waals surface area (Å²) < 4.78 is 40.0. The molecule has 2 aromatic heterocycles. The Morgan fingerprint density at radius 2 is 1.89 bits per heavy atom. The first-order valence-corrected chi connectivity index (χ1v) is 5.82. The molecule has 104 valence electrons. The molecule has 0 N–H and O–H groups in total. The van der Waals surface area contributed by atoms with Crippen molar-refractivity contribution in [3.63, 3.8) is 0 Å². The van der Waals surface area contributed by atoms with Gasteiger partial charge < -0.3 is 0 Å². The summed E-state index contributed by atoms with van der Waals surface area (Å²) in [6.07, 6.45) is -3.20. The van der Waals surface area contributed by atoms with Crippen molar-refractivity contribution in [2.24, 2.45) is 0 Å². The second-order valence-electron chi connectivity index (χ2n) is 4.22. The van der Waals surface area contributed by atoms with Crippen LogP contribution in [0.5, 0.6) is 0 Å². The van der Waals surface area contributed by atoms with Crippen LogP contribution in [0.25, 0.3) is 11.4 Å². The molecule has 5 nitrogen and oxygen atoms in total. The van der Waals surface area contributed by atoms with Crippen LogP contribution >= 0.6 is 0 Å². The summed E-state index contributed by atoms with van der Waals surface area (Å²) in [5, 5.41) is 7.92. The quantitative estimate of drug-likeness (QED) is 0.862. The molecule has 8 heteroatoms. The van der Waals surface area contributed by atoms with E-state index in [1.165, 1.54) is 0 Å². The largest absolute Gasteiger partial charge is 0.408 e. The van der Waals surface area contributed by atoms with Crippen molar-refractivity contribution < 1.29 is 13.2 Å². The van der Waals surface area contributed by atoms with Crippen LogP contribution in [-0.4, -0.2) is 30.7 Å². The Bertz CT molecular complexity index is 582. The number of nitrogens with zero attached hydrogens (tertiary/aromatic N) is 5. The molecule has 0 saturated heterocycles. The van der Waals surface area contributed by atoms with Crippen molar-refractivity contribution in [3.05, 3.63) is 17.7 Å². The Labute approximate surface area is 108 Å². The number of hydrogen-bond donors (Lipinski definition) is 0. The molecule has 0 aliphatic heterocycles. The van der Waals surface area contributed by atoms with Gasteiger partial charge in [-0.25, -0.2) is 9.67 Å². The minimum absolute atomic E-state index is 0.201. The Morgan fingerprint density at radius 1 is 1.21 bits per heavy atom. The molecule has 0 aliphatic carbocycles. The van der Waals surface area contributed by atoms with E-state index in [9.17, 15) is 13.2 Å².